The molecule has 4 N–H and O–H groups in total. The first-order valence-electron chi connectivity index (χ1n) is 8.16. The van der Waals surface area contributed by atoms with Gasteiger partial charge in [0.2, 0.25) is 11.7 Å². The van der Waals surface area contributed by atoms with Gasteiger partial charge < -0.3 is 21.1 Å². The average molecular weight is 360 g/mol. The van der Waals surface area contributed by atoms with Crippen LogP contribution < -0.4 is 11.1 Å². The van der Waals surface area contributed by atoms with Crippen LogP contribution in [-0.2, 0) is 4.79 Å². The minimum absolute atomic E-state index is 0.0312. The second-order valence-corrected chi connectivity index (χ2v) is 6.88. The lowest BCUT2D eigenvalue weighted by Gasteiger charge is -2.14. The Morgan fingerprint density at radius 2 is 2.28 bits per heavy atom. The topological polar surface area (TPSA) is 109 Å². The second-order valence-electron chi connectivity index (χ2n) is 5.88. The smallest absolute Gasteiger partial charge is 0.222 e. The maximum absolute atomic E-state index is 12.5. The van der Waals surface area contributed by atoms with Crippen molar-refractivity contribution in [3.63, 3.8) is 0 Å². The van der Waals surface area contributed by atoms with E-state index in [0.29, 0.717) is 28.5 Å². The van der Waals surface area contributed by atoms with Gasteiger partial charge >= 0.3 is 0 Å². The minimum atomic E-state index is -0.262. The summed E-state index contributed by atoms with van der Waals surface area (Å²) in [5.74, 6) is 0.165. The number of phenolic OH excluding ortho intramolecular Hbond substituents is 1. The van der Waals surface area contributed by atoms with Gasteiger partial charge in [-0.3, -0.25) is 9.59 Å². The van der Waals surface area contributed by atoms with Gasteiger partial charge in [0.1, 0.15) is 16.4 Å². The summed E-state index contributed by atoms with van der Waals surface area (Å²) in [6.07, 6.45) is 2.40. The number of aromatic hydroxyl groups is 1. The number of nitrogens with one attached hydrogen (secondary N) is 1. The number of nitrogens with zero attached hydrogens (tertiary/aromatic N) is 2. The number of thiazole rings is 1. The molecular weight excluding hydrogens is 340 g/mol. The van der Waals surface area contributed by atoms with Gasteiger partial charge in [-0.2, -0.15) is 0 Å². The van der Waals surface area contributed by atoms with Gasteiger partial charge in [-0.25, -0.2) is 4.98 Å². The molecule has 25 heavy (non-hydrogen) atoms. The van der Waals surface area contributed by atoms with Crippen LogP contribution >= 0.6 is 11.3 Å². The molecule has 1 aromatic carbocycles. The first-order chi connectivity index (χ1) is 12.0. The Bertz CT molecular complexity index is 790. The largest absolute Gasteiger partial charge is 0.508 e. The van der Waals surface area contributed by atoms with Crippen LogP contribution in [-0.4, -0.2) is 46.3 Å². The zero-order valence-electron chi connectivity index (χ0n) is 13.7. The van der Waals surface area contributed by atoms with Crippen LogP contribution in [0.3, 0.4) is 0 Å². The van der Waals surface area contributed by atoms with E-state index in [4.69, 9.17) is 5.73 Å². The standard InChI is InChI=1S/C17H20N4O3S/c18-16-15(14(24)11-4-1-5-12(22)10-11)25-17(20-16)19-7-3-9-21-8-2-6-13(21)23/h1,4-5,10,22H,2-3,6-9,18H2,(H,19,20). The number of carbonyl (C=O) groups is 2. The van der Waals surface area contributed by atoms with E-state index in [2.05, 4.69) is 10.3 Å². The molecule has 3 rings (SSSR count). The summed E-state index contributed by atoms with van der Waals surface area (Å²) < 4.78 is 0. The van der Waals surface area contributed by atoms with Crippen molar-refractivity contribution in [1.29, 1.82) is 0 Å². The molecule has 0 bridgehead atoms. The molecule has 0 unspecified atom stereocenters. The summed E-state index contributed by atoms with van der Waals surface area (Å²) in [5, 5.41) is 13.2. The number of likely N-dealkylation sites (tertiary alicyclic amines) is 1. The van der Waals surface area contributed by atoms with Crippen LogP contribution in [0.4, 0.5) is 10.9 Å². The molecule has 132 valence electrons. The number of carbonyl (C=O) groups excluding carboxylic acids is 2. The quantitative estimate of drug-likeness (QED) is 0.515. The second kappa shape index (κ2) is 7.52. The van der Waals surface area contributed by atoms with E-state index in [1.54, 1.807) is 12.1 Å². The molecular formula is C17H20N4O3S. The molecule has 7 nitrogen and oxygen atoms in total. The summed E-state index contributed by atoms with van der Waals surface area (Å²) >= 11 is 1.19. The number of nitrogen functional groups attached to an aromatic ring is 1. The zero-order valence-corrected chi connectivity index (χ0v) is 14.5. The van der Waals surface area contributed by atoms with E-state index in [0.717, 1.165) is 25.9 Å². The number of rotatable bonds is 7. The Morgan fingerprint density at radius 1 is 1.44 bits per heavy atom. The molecule has 2 heterocycles. The van der Waals surface area contributed by atoms with Gasteiger partial charge in [0.05, 0.1) is 0 Å². The Balaban J connectivity index is 1.56. The highest BCUT2D eigenvalue weighted by atomic mass is 32.1. The molecule has 0 atom stereocenters. The highest BCUT2D eigenvalue weighted by Crippen LogP contribution is 2.28. The van der Waals surface area contributed by atoms with Gasteiger partial charge in [0, 0.05) is 31.6 Å². The molecule has 2 aromatic rings. The summed E-state index contributed by atoms with van der Waals surface area (Å²) in [6.45, 7) is 2.21. The summed E-state index contributed by atoms with van der Waals surface area (Å²) in [5.41, 5.74) is 6.23. The van der Waals surface area contributed by atoms with Gasteiger partial charge in [0.15, 0.2) is 5.13 Å². The highest BCUT2D eigenvalue weighted by Gasteiger charge is 2.20. The number of anilines is 2. The van der Waals surface area contributed by atoms with Gasteiger partial charge in [-0.1, -0.05) is 23.5 Å². The fraction of sp³-hybridized carbons (Fsp3) is 0.353. The van der Waals surface area contributed by atoms with E-state index < -0.39 is 0 Å². The maximum Gasteiger partial charge on any atom is 0.222 e. The molecule has 0 radical (unpaired) electrons. The van der Waals surface area contributed by atoms with E-state index >= 15 is 0 Å². The Morgan fingerprint density at radius 3 is 3.00 bits per heavy atom. The molecule has 8 heteroatoms. The third-order valence-corrected chi connectivity index (χ3v) is 5.05. The Labute approximate surface area is 149 Å². The fourth-order valence-electron chi connectivity index (χ4n) is 2.75. The molecule has 1 aliphatic heterocycles. The van der Waals surface area contributed by atoms with E-state index in [1.807, 2.05) is 4.90 Å². The predicted octanol–water partition coefficient (Wildman–Crippen LogP) is 2.09. The zero-order chi connectivity index (χ0) is 17.8. The van der Waals surface area contributed by atoms with Crippen LogP contribution in [0.2, 0.25) is 0 Å². The van der Waals surface area contributed by atoms with Crippen LogP contribution in [0.15, 0.2) is 24.3 Å². The summed E-state index contributed by atoms with van der Waals surface area (Å²) in [7, 11) is 0. The van der Waals surface area contributed by atoms with Crippen LogP contribution in [0, 0.1) is 0 Å². The average Bonchev–Trinajstić information content (AvgIpc) is 3.16. The summed E-state index contributed by atoms with van der Waals surface area (Å²) in [4.78, 5) is 30.4. The number of hydrogen-bond acceptors (Lipinski definition) is 7. The van der Waals surface area contributed by atoms with Gasteiger partial charge in [0.25, 0.3) is 0 Å². The van der Waals surface area contributed by atoms with Crippen molar-refractivity contribution in [1.82, 2.24) is 9.88 Å². The minimum Gasteiger partial charge on any atom is -0.508 e. The normalized spacial score (nSPS) is 14.1. The molecule has 1 saturated heterocycles. The Kier molecular flexibility index (Phi) is 5.18. The van der Waals surface area contributed by atoms with Crippen molar-refractivity contribution in [3.8, 4) is 5.75 Å². The monoisotopic (exact) mass is 360 g/mol. The fourth-order valence-corrected chi connectivity index (χ4v) is 3.63. The number of hydrogen-bond donors (Lipinski definition) is 3. The Hall–Kier alpha value is -2.61. The number of aromatic nitrogens is 1. The number of amides is 1. The van der Waals surface area contributed by atoms with Crippen molar-refractivity contribution in [2.75, 3.05) is 30.7 Å². The molecule has 0 aliphatic carbocycles. The maximum atomic E-state index is 12.5. The van der Waals surface area contributed by atoms with Crippen molar-refractivity contribution < 1.29 is 14.7 Å². The van der Waals surface area contributed by atoms with E-state index in [9.17, 15) is 14.7 Å². The third-order valence-electron chi connectivity index (χ3n) is 4.02. The third kappa shape index (κ3) is 4.08. The molecule has 1 fully saturated rings. The van der Waals surface area contributed by atoms with Crippen molar-refractivity contribution in [3.05, 3.63) is 34.7 Å². The number of nitrogens with two attached hydrogens (primary N) is 1. The highest BCUT2D eigenvalue weighted by molar-refractivity contribution is 7.18. The van der Waals surface area contributed by atoms with Crippen LogP contribution in [0.5, 0.6) is 5.75 Å². The molecule has 0 spiro atoms. The lowest BCUT2D eigenvalue weighted by atomic mass is 10.1. The number of benzene rings is 1. The molecule has 0 saturated carbocycles. The van der Waals surface area contributed by atoms with E-state index in [-0.39, 0.29) is 23.3 Å². The molecule has 1 aliphatic rings. The predicted molar refractivity (Wildman–Crippen MR) is 97.0 cm³/mol. The lowest BCUT2D eigenvalue weighted by molar-refractivity contribution is -0.127. The first-order valence-corrected chi connectivity index (χ1v) is 8.98. The van der Waals surface area contributed by atoms with Crippen molar-refractivity contribution in [2.45, 2.75) is 19.3 Å². The molecule has 1 aromatic heterocycles. The van der Waals surface area contributed by atoms with Gasteiger partial charge in [-0.15, -0.1) is 0 Å². The molecule has 1 amide bonds. The lowest BCUT2D eigenvalue weighted by Crippen LogP contribution is -2.26. The summed E-state index contributed by atoms with van der Waals surface area (Å²) in [6, 6.07) is 6.15. The number of phenols is 1. The van der Waals surface area contributed by atoms with Crippen LogP contribution in [0.25, 0.3) is 0 Å². The van der Waals surface area contributed by atoms with Gasteiger partial charge in [-0.05, 0) is 25.0 Å². The number of ketones is 1. The van der Waals surface area contributed by atoms with E-state index in [1.165, 1.54) is 23.5 Å². The first kappa shape index (κ1) is 17.2. The van der Waals surface area contributed by atoms with Crippen LogP contribution in [0.1, 0.15) is 34.5 Å². The van der Waals surface area contributed by atoms with Crippen molar-refractivity contribution >= 4 is 34.0 Å². The SMILES string of the molecule is Nc1nc(NCCCN2CCCC2=O)sc1C(=O)c1cccc(O)c1. The van der Waals surface area contributed by atoms with Crippen molar-refractivity contribution in [2.24, 2.45) is 0 Å².